The van der Waals surface area contributed by atoms with Gasteiger partial charge in [-0.05, 0) is 67.6 Å². The summed E-state index contributed by atoms with van der Waals surface area (Å²) in [5.41, 5.74) is -14.2. The molecule has 6 N–H and O–H groups in total. The first-order chi connectivity index (χ1) is 40.4. The van der Waals surface area contributed by atoms with Gasteiger partial charge in [-0.2, -0.15) is 9.78 Å². The summed E-state index contributed by atoms with van der Waals surface area (Å²) >= 11 is 28.5. The number of rotatable bonds is 15. The molecule has 5 aromatic rings. The molecular formula is C57H52BBrCl4F8N7O10. The highest BCUT2D eigenvalue weighted by molar-refractivity contribution is 9.10. The van der Waals surface area contributed by atoms with E-state index in [0.717, 1.165) is 12.1 Å². The number of nitrogens with zero attached hydrogens (tertiary/aromatic N) is 2. The number of aromatic nitrogens is 3. The number of halogens is 13. The lowest BCUT2D eigenvalue weighted by molar-refractivity contribution is -0.194. The molecule has 1 heterocycles. The zero-order valence-electron chi connectivity index (χ0n) is 46.6. The molecule has 0 spiro atoms. The number of methoxy groups -OCH3 is 2. The summed E-state index contributed by atoms with van der Waals surface area (Å²) in [7, 11) is 2.70. The fourth-order valence-electron chi connectivity index (χ4n) is 13.9. The SMILES string of the molecule is CC(=N)C(=O)CC(N)=O.COc1ccc(Oc2c(Cl)cc(-n3nc(C(F)F)c(=O)[nH]c3=O)cc2Cl)cc1C(=O)NC12CC3(F)CC(F)(CC(F)(C3)C1)C2.COc1ccc(Oc2c(Cl)cc(Br)cc2Cl)cc1C(=O)NC12CC3(F)CC(F)(CC(F)(C3)C1)C2.[B]. The van der Waals surface area contributed by atoms with E-state index in [2.05, 4.69) is 37.4 Å². The summed E-state index contributed by atoms with van der Waals surface area (Å²) in [6.45, 7) is 1.32. The van der Waals surface area contributed by atoms with Crippen LogP contribution in [0.2, 0.25) is 20.1 Å². The smallest absolute Gasteiger partial charge is 0.349 e. The predicted octanol–water partition coefficient (Wildman–Crippen LogP) is 12.6. The van der Waals surface area contributed by atoms with Gasteiger partial charge in [0.1, 0.15) is 57.0 Å². The van der Waals surface area contributed by atoms with E-state index in [9.17, 15) is 37.5 Å². The number of hydrogen-bond donors (Lipinski definition) is 5. The van der Waals surface area contributed by atoms with Crippen LogP contribution in [-0.4, -0.2) is 112 Å². The van der Waals surface area contributed by atoms with Crippen molar-refractivity contribution in [1.29, 1.82) is 5.41 Å². The molecule has 8 aliphatic rings. The third-order valence-corrected chi connectivity index (χ3v) is 17.3. The van der Waals surface area contributed by atoms with Crippen molar-refractivity contribution in [2.24, 2.45) is 5.73 Å². The van der Waals surface area contributed by atoms with Crippen LogP contribution in [0.4, 0.5) is 35.1 Å². The Hall–Kier alpha value is -6.42. The molecule has 1 aromatic heterocycles. The monoisotopic (exact) mass is 1380 g/mol. The molecule has 4 aromatic carbocycles. The average molecular weight is 1380 g/mol. The van der Waals surface area contributed by atoms with Crippen LogP contribution in [0.5, 0.6) is 34.5 Å². The van der Waals surface area contributed by atoms with Crippen LogP contribution in [0, 0.1) is 5.41 Å². The topological polar surface area (TPSA) is 247 Å². The zero-order chi connectivity index (χ0) is 63.8. The van der Waals surface area contributed by atoms with Crippen molar-refractivity contribution < 1.29 is 73.2 Å². The number of alkyl halides is 8. The van der Waals surface area contributed by atoms with Crippen LogP contribution in [-0.2, 0) is 9.59 Å². The molecule has 3 radical (unpaired) electrons. The lowest BCUT2D eigenvalue weighted by Crippen LogP contribution is -2.72. The minimum absolute atomic E-state index is 0. The summed E-state index contributed by atoms with van der Waals surface area (Å²) in [5.74, 6) is -1.98. The Balaban J connectivity index is 0.000000203. The van der Waals surface area contributed by atoms with Gasteiger partial charge in [0.25, 0.3) is 23.8 Å². The molecule has 17 nitrogen and oxygen atoms in total. The maximum atomic E-state index is 15.5. The average Bonchev–Trinajstić information content (AvgIpc) is 0.720. The van der Waals surface area contributed by atoms with Crippen molar-refractivity contribution >= 4 is 100.0 Å². The van der Waals surface area contributed by atoms with Crippen LogP contribution in [0.25, 0.3) is 5.69 Å². The predicted molar refractivity (Wildman–Crippen MR) is 313 cm³/mol. The van der Waals surface area contributed by atoms with Crippen LogP contribution >= 0.6 is 62.3 Å². The van der Waals surface area contributed by atoms with Gasteiger partial charge < -0.3 is 40.7 Å². The van der Waals surface area contributed by atoms with Gasteiger partial charge in [-0.1, -0.05) is 62.3 Å². The number of amides is 3. The Morgan fingerprint density at radius 1 is 0.648 bits per heavy atom. The molecule has 88 heavy (non-hydrogen) atoms. The van der Waals surface area contributed by atoms with Crippen LogP contribution in [0.15, 0.2) is 74.7 Å². The van der Waals surface area contributed by atoms with Gasteiger partial charge in [0.05, 0.1) is 63.3 Å². The van der Waals surface area contributed by atoms with Crippen LogP contribution in [0.3, 0.4) is 0 Å². The minimum atomic E-state index is -3.27. The number of hydrogen-bond acceptors (Lipinski definition) is 12. The van der Waals surface area contributed by atoms with E-state index in [0.29, 0.717) is 9.15 Å². The van der Waals surface area contributed by atoms with E-state index >= 15 is 26.3 Å². The van der Waals surface area contributed by atoms with Crippen molar-refractivity contribution in [1.82, 2.24) is 25.4 Å². The molecule has 8 aliphatic carbocycles. The van der Waals surface area contributed by atoms with Gasteiger partial charge in [-0.3, -0.25) is 29.0 Å². The Bertz CT molecular complexity index is 3660. The van der Waals surface area contributed by atoms with Crippen molar-refractivity contribution in [2.75, 3.05) is 14.2 Å². The lowest BCUT2D eigenvalue weighted by atomic mass is 9.49. The van der Waals surface area contributed by atoms with Gasteiger partial charge in [-0.15, -0.1) is 0 Å². The van der Waals surface area contributed by atoms with Crippen LogP contribution in [0.1, 0.15) is 123 Å². The number of primary amides is 1. The molecule has 8 fully saturated rings. The molecular weight excluding hydrogens is 1330 g/mol. The first kappa shape index (κ1) is 67.5. The third-order valence-electron chi connectivity index (χ3n) is 15.8. The molecule has 13 rings (SSSR count). The zero-order valence-corrected chi connectivity index (χ0v) is 51.2. The second-order valence-corrected chi connectivity index (χ2v) is 26.0. The summed E-state index contributed by atoms with van der Waals surface area (Å²) in [6, 6.07) is 14.0. The number of benzene rings is 4. The Morgan fingerprint density at radius 2 is 1.00 bits per heavy atom. The van der Waals surface area contributed by atoms with Gasteiger partial charge in [0.2, 0.25) is 5.91 Å². The molecule has 31 heteroatoms. The summed E-state index contributed by atoms with van der Waals surface area (Å²) in [6.07, 6.45) is -6.83. The highest BCUT2D eigenvalue weighted by atomic mass is 79.9. The maximum Gasteiger partial charge on any atom is 0.349 e. The van der Waals surface area contributed by atoms with Gasteiger partial charge in [0, 0.05) is 101 Å². The minimum Gasteiger partial charge on any atom is -0.496 e. The highest BCUT2D eigenvalue weighted by Gasteiger charge is 2.72. The van der Waals surface area contributed by atoms with Crippen molar-refractivity contribution in [3.8, 4) is 40.2 Å². The summed E-state index contributed by atoms with van der Waals surface area (Å²) < 4.78 is 142. The molecule has 3 amide bonds. The molecule has 0 atom stereocenters. The number of nitrogens with two attached hydrogens (primary N) is 1. The van der Waals surface area contributed by atoms with E-state index in [-0.39, 0.29) is 150 Å². The number of Topliss-reactive ketones (excluding diaryl/α,β-unsaturated/α-hetero) is 1. The van der Waals surface area contributed by atoms with E-state index in [1.807, 2.05) is 0 Å². The molecule has 469 valence electrons. The molecule has 0 aliphatic heterocycles. The number of carbonyl (C=O) groups excluding carboxylic acids is 4. The second-order valence-electron chi connectivity index (χ2n) is 23.4. The van der Waals surface area contributed by atoms with Crippen LogP contribution < -0.4 is 46.6 Å². The van der Waals surface area contributed by atoms with E-state index in [1.165, 1.54) is 51.5 Å². The summed E-state index contributed by atoms with van der Waals surface area (Å²) in [4.78, 5) is 72.9. The number of carbonyl (C=O) groups is 4. The van der Waals surface area contributed by atoms with E-state index < -0.39 is 111 Å². The van der Waals surface area contributed by atoms with Gasteiger partial charge >= 0.3 is 5.69 Å². The normalized spacial score (nSPS) is 28.2. The maximum absolute atomic E-state index is 15.5. The fourth-order valence-corrected chi connectivity index (χ4v) is 15.8. The Kier molecular flexibility index (Phi) is 18.7. The van der Waals surface area contributed by atoms with Crippen molar-refractivity contribution in [3.63, 3.8) is 0 Å². The van der Waals surface area contributed by atoms with Crippen molar-refractivity contribution in [3.05, 3.63) is 123 Å². The Labute approximate surface area is 526 Å². The number of aromatic amines is 1. The van der Waals surface area contributed by atoms with E-state index in [1.54, 1.807) is 23.2 Å². The van der Waals surface area contributed by atoms with Crippen molar-refractivity contribution in [2.45, 2.75) is 142 Å². The van der Waals surface area contributed by atoms with Gasteiger partial charge in [-0.25, -0.2) is 39.9 Å². The molecule has 0 unspecified atom stereocenters. The number of H-pyrrole nitrogens is 1. The number of ketones is 1. The molecule has 8 bridgehead atoms. The van der Waals surface area contributed by atoms with Gasteiger partial charge in [0.15, 0.2) is 23.0 Å². The third kappa shape index (κ3) is 14.3. The quantitative estimate of drug-likeness (QED) is 0.0285. The Morgan fingerprint density at radius 3 is 1.31 bits per heavy atom. The van der Waals surface area contributed by atoms with E-state index in [4.69, 9.17) is 70.8 Å². The first-order valence-corrected chi connectivity index (χ1v) is 28.8. The second kappa shape index (κ2) is 24.4. The number of ether oxygens (including phenoxy) is 4. The molecule has 8 saturated carbocycles. The fraction of sp³-hybridized carbons (Fsp3) is 0.439. The number of nitrogens with one attached hydrogen (secondary N) is 4. The largest absolute Gasteiger partial charge is 0.496 e. The highest BCUT2D eigenvalue weighted by Crippen LogP contribution is 2.66. The standard InChI is InChI=1S/C28H23Cl2F5N4O5.C24H21BrCl2F3NO3.C5H8N2O2.B/c1-43-18-3-2-14(6-15(18)22(40)37-28-10-25(33)7-26(34,11-28)9-27(35,8-25)12-28)44-20-16(29)4-13(5-17(20)30)39-24(42)36-23(41)19(38-39)21(31)32;1-33-18-3-2-14(34-19-16(26)4-13(25)5-17(19)27)6-15(18)20(32)31-24-10-21(28)7-22(29,11-24)9-23(30,8-21)12-24;1-3(6)4(8)2-5(7)9;/h2-6,21H,7-12H2,1H3,(H,37,40)(H,36,41,42);2-6H,7-12H2,1H3,(H,31,32);6H,2H2,1H3,(H2,7,9);. The first-order valence-electron chi connectivity index (χ1n) is 26.5. The molecule has 0 saturated heterocycles. The summed E-state index contributed by atoms with van der Waals surface area (Å²) in [5, 5.41) is 15.7. The lowest BCUT2D eigenvalue weighted by Gasteiger charge is -2.63.